The molecular weight excluding hydrogens is 272 g/mol. The molecule has 7 heteroatoms. The zero-order valence-electron chi connectivity index (χ0n) is 12.5. The van der Waals surface area contributed by atoms with E-state index in [0.29, 0.717) is 24.0 Å². The maximum atomic E-state index is 11.9. The number of nitrogens with one attached hydrogen (secondary N) is 2. The average molecular weight is 292 g/mol. The molecule has 2 aromatic heterocycles. The Hall–Kier alpha value is -2.15. The lowest BCUT2D eigenvalue weighted by Gasteiger charge is -2.10. The number of aryl methyl sites for hydroxylation is 3. The van der Waals surface area contributed by atoms with Crippen LogP contribution in [-0.2, 0) is 18.3 Å². The molecule has 0 radical (unpaired) electrons. The Kier molecular flexibility index (Phi) is 4.42. The minimum atomic E-state index is -0.195. The first-order chi connectivity index (χ1) is 9.95. The number of aliphatic hydroxyl groups excluding tert-OH is 1. The first kappa shape index (κ1) is 15.2. The molecule has 0 aliphatic carbocycles. The van der Waals surface area contributed by atoms with Crippen molar-refractivity contribution >= 4 is 16.9 Å². The summed E-state index contributed by atoms with van der Waals surface area (Å²) in [5, 5.41) is 14.6. The van der Waals surface area contributed by atoms with E-state index in [4.69, 9.17) is 5.11 Å². The molecule has 2 rings (SSSR count). The van der Waals surface area contributed by atoms with Crippen LogP contribution in [0.2, 0.25) is 0 Å². The largest absolute Gasteiger partial charge is 0.396 e. The van der Waals surface area contributed by atoms with Gasteiger partial charge in [-0.1, -0.05) is 0 Å². The Morgan fingerprint density at radius 2 is 2.14 bits per heavy atom. The maximum absolute atomic E-state index is 11.9. The number of aromatic nitrogens is 3. The zero-order valence-corrected chi connectivity index (χ0v) is 12.5. The van der Waals surface area contributed by atoms with Crippen molar-refractivity contribution in [3.05, 3.63) is 27.2 Å². The number of carbonyl (C=O) groups excluding carboxylic acids is 1. The van der Waals surface area contributed by atoms with Crippen LogP contribution in [0.15, 0.2) is 4.79 Å². The number of aliphatic hydroxyl groups is 1. The predicted molar refractivity (Wildman–Crippen MR) is 79.2 cm³/mol. The Balaban J connectivity index is 2.34. The molecule has 0 aliphatic rings. The highest BCUT2D eigenvalue weighted by atomic mass is 16.3. The fourth-order valence-electron chi connectivity index (χ4n) is 2.44. The van der Waals surface area contributed by atoms with Gasteiger partial charge in [-0.2, -0.15) is 0 Å². The van der Waals surface area contributed by atoms with Gasteiger partial charge in [0.05, 0.1) is 11.8 Å². The second-order valence-electron chi connectivity index (χ2n) is 5.10. The molecule has 0 atom stereocenters. The van der Waals surface area contributed by atoms with Crippen LogP contribution in [0.1, 0.15) is 23.2 Å². The Morgan fingerprint density at radius 1 is 1.43 bits per heavy atom. The van der Waals surface area contributed by atoms with Crippen LogP contribution in [0.4, 0.5) is 0 Å². The van der Waals surface area contributed by atoms with Gasteiger partial charge in [-0.05, 0) is 31.4 Å². The van der Waals surface area contributed by atoms with Crippen molar-refractivity contribution in [2.45, 2.75) is 26.7 Å². The molecule has 0 bridgehead atoms. The molecule has 0 aromatic carbocycles. The van der Waals surface area contributed by atoms with E-state index >= 15 is 0 Å². The molecule has 1 amide bonds. The topological polar surface area (TPSA) is 100 Å². The predicted octanol–water partition coefficient (Wildman–Crippen LogP) is -0.0805. The monoisotopic (exact) mass is 292 g/mol. The third-order valence-corrected chi connectivity index (χ3v) is 3.57. The molecule has 0 fully saturated rings. The lowest BCUT2D eigenvalue weighted by Crippen LogP contribution is -2.27. The number of pyridine rings is 1. The van der Waals surface area contributed by atoms with E-state index in [9.17, 15) is 9.59 Å². The first-order valence-corrected chi connectivity index (χ1v) is 6.88. The van der Waals surface area contributed by atoms with Crippen LogP contribution in [-0.4, -0.2) is 38.9 Å². The van der Waals surface area contributed by atoms with Gasteiger partial charge in [0.2, 0.25) is 5.91 Å². The van der Waals surface area contributed by atoms with Crippen molar-refractivity contribution in [1.29, 1.82) is 0 Å². The summed E-state index contributed by atoms with van der Waals surface area (Å²) in [5.74, 6) is -0.136. The normalized spacial score (nSPS) is 11.0. The van der Waals surface area contributed by atoms with Gasteiger partial charge in [0.25, 0.3) is 5.56 Å². The van der Waals surface area contributed by atoms with Crippen LogP contribution in [0.5, 0.6) is 0 Å². The van der Waals surface area contributed by atoms with Crippen LogP contribution >= 0.6 is 0 Å². The molecule has 3 N–H and O–H groups in total. The van der Waals surface area contributed by atoms with Gasteiger partial charge in [-0.25, -0.2) is 4.98 Å². The molecule has 21 heavy (non-hydrogen) atoms. The third-order valence-electron chi connectivity index (χ3n) is 3.57. The van der Waals surface area contributed by atoms with Crippen molar-refractivity contribution in [3.63, 3.8) is 0 Å². The van der Waals surface area contributed by atoms with E-state index < -0.39 is 0 Å². The molecule has 2 aromatic rings. The summed E-state index contributed by atoms with van der Waals surface area (Å²) in [6, 6.07) is 0. The van der Waals surface area contributed by atoms with Gasteiger partial charge < -0.3 is 10.4 Å². The second kappa shape index (κ2) is 6.09. The van der Waals surface area contributed by atoms with E-state index in [1.54, 1.807) is 11.7 Å². The highest BCUT2D eigenvalue weighted by Crippen LogP contribution is 2.20. The van der Waals surface area contributed by atoms with Crippen LogP contribution in [0.25, 0.3) is 11.0 Å². The van der Waals surface area contributed by atoms with Gasteiger partial charge in [0, 0.05) is 25.9 Å². The SMILES string of the molecule is Cc1nc2c(c(C)c1CC(=O)NCCCO)c(=O)[nH]n2C. The Labute approximate surface area is 122 Å². The quantitative estimate of drug-likeness (QED) is 0.671. The van der Waals surface area contributed by atoms with Crippen molar-refractivity contribution < 1.29 is 9.90 Å². The smallest absolute Gasteiger partial charge is 0.273 e. The van der Waals surface area contributed by atoms with E-state index in [-0.39, 0.29) is 24.5 Å². The molecule has 0 aliphatic heterocycles. The van der Waals surface area contributed by atoms with E-state index in [0.717, 1.165) is 16.8 Å². The minimum Gasteiger partial charge on any atom is -0.396 e. The number of hydrogen-bond donors (Lipinski definition) is 3. The summed E-state index contributed by atoms with van der Waals surface area (Å²) >= 11 is 0. The van der Waals surface area contributed by atoms with Gasteiger partial charge in [0.1, 0.15) is 0 Å². The number of H-pyrrole nitrogens is 1. The average Bonchev–Trinajstić information content (AvgIpc) is 2.70. The number of carbonyl (C=O) groups is 1. The molecule has 0 saturated carbocycles. The molecule has 0 saturated heterocycles. The van der Waals surface area contributed by atoms with Gasteiger partial charge in [-0.15, -0.1) is 0 Å². The fraction of sp³-hybridized carbons (Fsp3) is 0.500. The first-order valence-electron chi connectivity index (χ1n) is 6.88. The van der Waals surface area contributed by atoms with Crippen LogP contribution in [0, 0.1) is 13.8 Å². The number of aromatic amines is 1. The summed E-state index contributed by atoms with van der Waals surface area (Å²) < 4.78 is 1.59. The number of rotatable bonds is 5. The Morgan fingerprint density at radius 3 is 2.81 bits per heavy atom. The lowest BCUT2D eigenvalue weighted by atomic mass is 10.0. The molecule has 7 nitrogen and oxygen atoms in total. The van der Waals surface area contributed by atoms with Crippen molar-refractivity contribution in [2.75, 3.05) is 13.2 Å². The van der Waals surface area contributed by atoms with Gasteiger partial charge >= 0.3 is 0 Å². The number of hydrogen-bond acceptors (Lipinski definition) is 4. The molecular formula is C14H20N4O3. The number of nitrogens with zero attached hydrogens (tertiary/aromatic N) is 2. The zero-order chi connectivity index (χ0) is 15.6. The second-order valence-corrected chi connectivity index (χ2v) is 5.10. The van der Waals surface area contributed by atoms with Gasteiger partial charge in [-0.3, -0.25) is 19.4 Å². The van der Waals surface area contributed by atoms with Crippen molar-refractivity contribution in [3.8, 4) is 0 Å². The van der Waals surface area contributed by atoms with Gasteiger partial charge in [0.15, 0.2) is 5.65 Å². The van der Waals surface area contributed by atoms with Crippen molar-refractivity contribution in [2.24, 2.45) is 7.05 Å². The highest BCUT2D eigenvalue weighted by Gasteiger charge is 2.17. The number of fused-ring (bicyclic) bond motifs is 1. The minimum absolute atomic E-state index is 0.0469. The van der Waals surface area contributed by atoms with Crippen LogP contribution in [0.3, 0.4) is 0 Å². The summed E-state index contributed by atoms with van der Waals surface area (Å²) in [4.78, 5) is 28.3. The van der Waals surface area contributed by atoms with Crippen LogP contribution < -0.4 is 10.9 Å². The summed E-state index contributed by atoms with van der Waals surface area (Å²) in [6.07, 6.45) is 0.708. The standard InChI is InChI=1S/C14H20N4O3/c1-8-10(7-11(20)15-5-4-6-19)9(2)16-13-12(8)14(21)17-18(13)3/h19H,4-7H2,1-3H3,(H,15,20)(H,17,21). The van der Waals surface area contributed by atoms with Crippen molar-refractivity contribution in [1.82, 2.24) is 20.1 Å². The highest BCUT2D eigenvalue weighted by molar-refractivity contribution is 5.84. The van der Waals surface area contributed by atoms with E-state index in [2.05, 4.69) is 15.4 Å². The molecule has 2 heterocycles. The fourth-order valence-corrected chi connectivity index (χ4v) is 2.44. The van der Waals surface area contributed by atoms with E-state index in [1.807, 2.05) is 13.8 Å². The maximum Gasteiger partial charge on any atom is 0.273 e. The Bertz CT molecular complexity index is 730. The lowest BCUT2D eigenvalue weighted by molar-refractivity contribution is -0.120. The summed E-state index contributed by atoms with van der Waals surface area (Å²) in [7, 11) is 1.73. The third kappa shape index (κ3) is 2.97. The molecule has 0 unspecified atom stereocenters. The number of amides is 1. The van der Waals surface area contributed by atoms with E-state index in [1.165, 1.54) is 0 Å². The summed E-state index contributed by atoms with van der Waals surface area (Å²) in [5.41, 5.74) is 2.71. The molecule has 114 valence electrons. The molecule has 0 spiro atoms. The summed E-state index contributed by atoms with van der Waals surface area (Å²) in [6.45, 7) is 4.16.